The van der Waals surface area contributed by atoms with Crippen LogP contribution in [0.2, 0.25) is 0 Å². The average Bonchev–Trinajstić information content (AvgIpc) is 2.54. The van der Waals surface area contributed by atoms with Crippen LogP contribution in [-0.2, 0) is 0 Å². The zero-order valence-corrected chi connectivity index (χ0v) is 14.9. The molecule has 0 aromatic heterocycles. The summed E-state index contributed by atoms with van der Waals surface area (Å²) in [6.07, 6.45) is 0. The van der Waals surface area contributed by atoms with Crippen LogP contribution in [0.4, 0.5) is 5.69 Å². The fourth-order valence-electron chi connectivity index (χ4n) is 2.34. The van der Waals surface area contributed by atoms with Crippen molar-refractivity contribution in [1.29, 1.82) is 0 Å². The van der Waals surface area contributed by atoms with Crippen molar-refractivity contribution in [3.63, 3.8) is 0 Å². The first-order valence-electron chi connectivity index (χ1n) is 7.35. The highest BCUT2D eigenvalue weighted by Gasteiger charge is 2.11. The van der Waals surface area contributed by atoms with Crippen molar-refractivity contribution in [3.05, 3.63) is 53.1 Å². The van der Waals surface area contributed by atoms with E-state index in [0.29, 0.717) is 22.7 Å². The molecule has 2 rings (SSSR count). The van der Waals surface area contributed by atoms with Crippen LogP contribution in [-0.4, -0.2) is 25.2 Å². The molecule has 6 heteroatoms. The van der Waals surface area contributed by atoms with Gasteiger partial charge in [-0.15, -0.1) is 0 Å². The number of nitrogens with one attached hydrogen (secondary N) is 2. The molecule has 2 aromatic rings. The van der Waals surface area contributed by atoms with E-state index in [2.05, 4.69) is 10.6 Å². The predicted octanol–water partition coefficient (Wildman–Crippen LogP) is 3.45. The van der Waals surface area contributed by atoms with E-state index in [1.807, 2.05) is 32.0 Å². The quantitative estimate of drug-likeness (QED) is 0.832. The van der Waals surface area contributed by atoms with Crippen molar-refractivity contribution in [2.75, 3.05) is 19.5 Å². The molecule has 0 saturated heterocycles. The molecule has 0 atom stereocenters. The van der Waals surface area contributed by atoms with Gasteiger partial charge in [-0.2, -0.15) is 0 Å². The molecular weight excluding hydrogens is 324 g/mol. The summed E-state index contributed by atoms with van der Waals surface area (Å²) in [5, 5.41) is 5.83. The molecule has 0 spiro atoms. The monoisotopic (exact) mass is 344 g/mol. The van der Waals surface area contributed by atoms with Crippen molar-refractivity contribution < 1.29 is 14.3 Å². The van der Waals surface area contributed by atoms with E-state index in [1.165, 1.54) is 0 Å². The number of hydrogen-bond acceptors (Lipinski definition) is 4. The summed E-state index contributed by atoms with van der Waals surface area (Å²) in [5.74, 6) is 0.978. The second-order valence-electron chi connectivity index (χ2n) is 5.35. The Morgan fingerprint density at radius 1 is 1.00 bits per heavy atom. The van der Waals surface area contributed by atoms with Crippen molar-refractivity contribution in [1.82, 2.24) is 5.32 Å². The van der Waals surface area contributed by atoms with Crippen LogP contribution in [0, 0.1) is 13.8 Å². The van der Waals surface area contributed by atoms with Gasteiger partial charge in [0, 0.05) is 11.6 Å². The first kappa shape index (κ1) is 17.7. The Kier molecular flexibility index (Phi) is 5.76. The van der Waals surface area contributed by atoms with E-state index in [9.17, 15) is 4.79 Å². The number of methoxy groups -OCH3 is 2. The maximum Gasteiger partial charge on any atom is 0.257 e. The molecule has 0 fully saturated rings. The van der Waals surface area contributed by atoms with Gasteiger partial charge in [-0.05, 0) is 50.3 Å². The van der Waals surface area contributed by atoms with Gasteiger partial charge in [0.1, 0.15) is 11.5 Å². The van der Waals surface area contributed by atoms with E-state index < -0.39 is 0 Å². The summed E-state index contributed by atoms with van der Waals surface area (Å²) in [6, 6.07) is 10.9. The summed E-state index contributed by atoms with van der Waals surface area (Å²) in [6.45, 7) is 3.89. The zero-order chi connectivity index (χ0) is 17.7. The molecule has 0 aliphatic heterocycles. The summed E-state index contributed by atoms with van der Waals surface area (Å²) < 4.78 is 10.4. The van der Waals surface area contributed by atoms with Crippen LogP contribution in [0.25, 0.3) is 0 Å². The topological polar surface area (TPSA) is 59.6 Å². The second kappa shape index (κ2) is 7.79. The first-order valence-corrected chi connectivity index (χ1v) is 7.76. The van der Waals surface area contributed by atoms with Gasteiger partial charge in [-0.3, -0.25) is 10.1 Å². The van der Waals surface area contributed by atoms with Gasteiger partial charge in [-0.25, -0.2) is 0 Å². The number of aryl methyl sites for hydroxylation is 2. The number of rotatable bonds is 4. The number of carbonyl (C=O) groups excluding carboxylic acids is 1. The highest BCUT2D eigenvalue weighted by atomic mass is 32.1. The molecule has 2 N–H and O–H groups in total. The highest BCUT2D eigenvalue weighted by molar-refractivity contribution is 7.80. The van der Waals surface area contributed by atoms with E-state index in [4.69, 9.17) is 21.7 Å². The number of amides is 1. The lowest BCUT2D eigenvalue weighted by atomic mass is 10.1. The van der Waals surface area contributed by atoms with Crippen LogP contribution < -0.4 is 20.1 Å². The molecule has 0 radical (unpaired) electrons. The lowest BCUT2D eigenvalue weighted by Crippen LogP contribution is -2.34. The Morgan fingerprint density at radius 3 is 2.25 bits per heavy atom. The first-order chi connectivity index (χ1) is 11.4. The van der Waals surface area contributed by atoms with Crippen LogP contribution in [0.3, 0.4) is 0 Å². The molecule has 24 heavy (non-hydrogen) atoms. The van der Waals surface area contributed by atoms with E-state index in [1.54, 1.807) is 32.4 Å². The van der Waals surface area contributed by atoms with Crippen LogP contribution in [0.5, 0.6) is 11.5 Å². The lowest BCUT2D eigenvalue weighted by molar-refractivity contribution is 0.0977. The van der Waals surface area contributed by atoms with Crippen LogP contribution in [0.15, 0.2) is 36.4 Å². The van der Waals surface area contributed by atoms with Crippen LogP contribution >= 0.6 is 12.2 Å². The van der Waals surface area contributed by atoms with Gasteiger partial charge < -0.3 is 14.8 Å². The predicted molar refractivity (Wildman–Crippen MR) is 99.1 cm³/mol. The molecule has 0 aliphatic rings. The summed E-state index contributed by atoms with van der Waals surface area (Å²) in [5.41, 5.74) is 3.26. The van der Waals surface area contributed by atoms with Gasteiger partial charge in [0.25, 0.3) is 5.91 Å². The normalized spacial score (nSPS) is 10.0. The summed E-state index contributed by atoms with van der Waals surface area (Å²) >= 11 is 5.22. The molecule has 0 bridgehead atoms. The fraction of sp³-hybridized carbons (Fsp3) is 0.222. The third kappa shape index (κ3) is 4.45. The lowest BCUT2D eigenvalue weighted by Gasteiger charge is -2.14. The minimum atomic E-state index is -0.258. The molecule has 0 heterocycles. The van der Waals surface area contributed by atoms with Crippen molar-refractivity contribution in [2.45, 2.75) is 13.8 Å². The molecule has 5 nitrogen and oxygen atoms in total. The van der Waals surface area contributed by atoms with Gasteiger partial charge in [-0.1, -0.05) is 17.2 Å². The SMILES string of the molecule is COc1ccc(NC(=S)NC(=O)c2cc(C)cc(C)c2)c(OC)c1. The molecular formula is C18H20N2O3S. The average molecular weight is 344 g/mol. The Hall–Kier alpha value is -2.60. The number of thiocarbonyl (C=S) groups is 1. The third-order valence-corrected chi connectivity index (χ3v) is 3.57. The number of hydrogen-bond donors (Lipinski definition) is 2. The Labute approximate surface area is 147 Å². The Bertz CT molecular complexity index is 755. The third-order valence-electron chi connectivity index (χ3n) is 3.37. The van der Waals surface area contributed by atoms with Gasteiger partial charge in [0.15, 0.2) is 5.11 Å². The van der Waals surface area contributed by atoms with Crippen molar-refractivity contribution >= 4 is 28.9 Å². The van der Waals surface area contributed by atoms with Crippen LogP contribution in [0.1, 0.15) is 21.5 Å². The number of anilines is 1. The van der Waals surface area contributed by atoms with Crippen molar-refractivity contribution in [3.8, 4) is 11.5 Å². The maximum absolute atomic E-state index is 12.3. The van der Waals surface area contributed by atoms with Gasteiger partial charge in [0.2, 0.25) is 0 Å². The molecule has 2 aromatic carbocycles. The molecule has 1 amide bonds. The van der Waals surface area contributed by atoms with E-state index >= 15 is 0 Å². The molecule has 0 unspecified atom stereocenters. The highest BCUT2D eigenvalue weighted by Crippen LogP contribution is 2.28. The number of carbonyl (C=O) groups is 1. The van der Waals surface area contributed by atoms with E-state index in [-0.39, 0.29) is 11.0 Å². The summed E-state index contributed by atoms with van der Waals surface area (Å²) in [7, 11) is 3.13. The largest absolute Gasteiger partial charge is 0.497 e. The van der Waals surface area contributed by atoms with Crippen molar-refractivity contribution in [2.24, 2.45) is 0 Å². The minimum Gasteiger partial charge on any atom is -0.497 e. The molecule has 126 valence electrons. The number of benzene rings is 2. The Balaban J connectivity index is 2.09. The standard InChI is InChI=1S/C18H20N2O3S/c1-11-7-12(2)9-13(8-11)17(21)20-18(24)19-15-6-5-14(22-3)10-16(15)23-4/h5-10H,1-4H3,(H2,19,20,21,24). The summed E-state index contributed by atoms with van der Waals surface area (Å²) in [4.78, 5) is 12.3. The van der Waals surface area contributed by atoms with Gasteiger partial charge in [0.05, 0.1) is 19.9 Å². The fourth-order valence-corrected chi connectivity index (χ4v) is 2.54. The second-order valence-corrected chi connectivity index (χ2v) is 5.76. The number of ether oxygens (including phenoxy) is 2. The minimum absolute atomic E-state index is 0.197. The molecule has 0 aliphatic carbocycles. The van der Waals surface area contributed by atoms with E-state index in [0.717, 1.165) is 11.1 Å². The van der Waals surface area contributed by atoms with Gasteiger partial charge >= 0.3 is 0 Å². The Morgan fingerprint density at radius 2 is 1.67 bits per heavy atom. The smallest absolute Gasteiger partial charge is 0.257 e. The zero-order valence-electron chi connectivity index (χ0n) is 14.1. The maximum atomic E-state index is 12.3. The molecule has 0 saturated carbocycles.